The van der Waals surface area contributed by atoms with Gasteiger partial charge in [-0.3, -0.25) is 4.79 Å². The van der Waals surface area contributed by atoms with Crippen LogP contribution in [0.25, 0.3) is 20.9 Å². The number of unbranched alkanes of at least 4 members (excludes halogenated alkanes) is 1. The number of hydrogen-bond acceptors (Lipinski definition) is 2. The van der Waals surface area contributed by atoms with Crippen molar-refractivity contribution in [1.82, 2.24) is 0 Å². The molecule has 0 saturated carbocycles. The number of halogens is 1. The Bertz CT molecular complexity index is 1110. The topological polar surface area (TPSA) is 29.1 Å². The molecule has 1 heterocycles. The van der Waals surface area contributed by atoms with Crippen molar-refractivity contribution in [2.24, 2.45) is 0 Å². The van der Waals surface area contributed by atoms with E-state index in [4.69, 9.17) is 11.6 Å². The minimum absolute atomic E-state index is 0.161. The molecule has 1 amide bonds. The van der Waals surface area contributed by atoms with E-state index in [1.165, 1.54) is 29.7 Å². The summed E-state index contributed by atoms with van der Waals surface area (Å²) in [5, 5.41) is 6.67. The van der Waals surface area contributed by atoms with Crippen LogP contribution >= 0.6 is 22.9 Å². The maximum Gasteiger partial charge on any atom is 0.267 e. The van der Waals surface area contributed by atoms with E-state index in [0.29, 0.717) is 9.90 Å². The summed E-state index contributed by atoms with van der Waals surface area (Å²) in [7, 11) is 0. The molecule has 1 aromatic heterocycles. The molecule has 27 heavy (non-hydrogen) atoms. The molecule has 0 bridgehead atoms. The van der Waals surface area contributed by atoms with Gasteiger partial charge < -0.3 is 5.32 Å². The zero-order chi connectivity index (χ0) is 18.8. The minimum atomic E-state index is -0.161. The highest BCUT2D eigenvalue weighted by atomic mass is 35.5. The number of amides is 1. The van der Waals surface area contributed by atoms with E-state index in [9.17, 15) is 4.79 Å². The van der Waals surface area contributed by atoms with Crippen molar-refractivity contribution in [2.75, 3.05) is 5.32 Å². The van der Waals surface area contributed by atoms with Crippen molar-refractivity contribution in [3.05, 3.63) is 76.1 Å². The highest BCUT2D eigenvalue weighted by molar-refractivity contribution is 7.22. The number of anilines is 1. The highest BCUT2D eigenvalue weighted by Crippen LogP contribution is 2.40. The molecule has 0 aliphatic heterocycles. The van der Waals surface area contributed by atoms with E-state index in [2.05, 4.69) is 36.5 Å². The molecule has 0 radical (unpaired) electrons. The lowest BCUT2D eigenvalue weighted by atomic mass is 10.1. The van der Waals surface area contributed by atoms with Crippen molar-refractivity contribution in [3.8, 4) is 0 Å². The van der Waals surface area contributed by atoms with E-state index in [0.717, 1.165) is 33.0 Å². The lowest BCUT2D eigenvalue weighted by molar-refractivity contribution is 0.103. The predicted octanol–water partition coefficient (Wildman–Crippen LogP) is 7.30. The number of carbonyl (C=O) groups is 1. The number of benzene rings is 3. The van der Waals surface area contributed by atoms with Crippen LogP contribution in [0, 0.1) is 0 Å². The lowest BCUT2D eigenvalue weighted by Gasteiger charge is -2.06. The number of carbonyl (C=O) groups excluding carboxylic acids is 1. The Kier molecular flexibility index (Phi) is 5.15. The van der Waals surface area contributed by atoms with Crippen LogP contribution in [0.3, 0.4) is 0 Å². The SMILES string of the molecule is CCCCc1ccc(NC(=O)c2sc3ccc4ccccc4c3c2Cl)cc1. The van der Waals surface area contributed by atoms with E-state index >= 15 is 0 Å². The molecule has 0 fully saturated rings. The van der Waals surface area contributed by atoms with Crippen LogP contribution in [0.1, 0.15) is 35.0 Å². The molecule has 4 heteroatoms. The van der Waals surface area contributed by atoms with Crippen molar-refractivity contribution in [3.63, 3.8) is 0 Å². The van der Waals surface area contributed by atoms with Crippen molar-refractivity contribution < 1.29 is 4.79 Å². The van der Waals surface area contributed by atoms with Gasteiger partial charge in [-0.25, -0.2) is 0 Å². The molecule has 136 valence electrons. The normalized spacial score (nSPS) is 11.2. The molecule has 0 saturated heterocycles. The van der Waals surface area contributed by atoms with Gasteiger partial charge in [0.15, 0.2) is 0 Å². The molecule has 0 aliphatic carbocycles. The average molecular weight is 394 g/mol. The third-order valence-electron chi connectivity index (χ3n) is 4.76. The highest BCUT2D eigenvalue weighted by Gasteiger charge is 2.19. The van der Waals surface area contributed by atoms with Crippen LogP contribution in [0.15, 0.2) is 60.7 Å². The molecule has 0 spiro atoms. The summed E-state index contributed by atoms with van der Waals surface area (Å²) >= 11 is 8.07. The number of hydrogen-bond donors (Lipinski definition) is 1. The first-order chi connectivity index (χ1) is 13.2. The summed E-state index contributed by atoms with van der Waals surface area (Å²) in [6, 6.07) is 20.3. The molecule has 2 nitrogen and oxygen atoms in total. The second-order valence-electron chi connectivity index (χ2n) is 6.66. The van der Waals surface area contributed by atoms with Crippen LogP contribution in [0.4, 0.5) is 5.69 Å². The molecule has 3 aromatic carbocycles. The molecular formula is C23H20ClNOS. The minimum Gasteiger partial charge on any atom is -0.321 e. The Labute approximate surface area is 167 Å². The van der Waals surface area contributed by atoms with E-state index in [1.54, 1.807) is 0 Å². The molecule has 4 aromatic rings. The third kappa shape index (κ3) is 3.58. The van der Waals surface area contributed by atoms with Crippen LogP contribution in [-0.4, -0.2) is 5.91 Å². The van der Waals surface area contributed by atoms with Gasteiger partial charge in [0, 0.05) is 15.8 Å². The molecule has 1 N–H and O–H groups in total. The summed E-state index contributed by atoms with van der Waals surface area (Å²) in [4.78, 5) is 13.4. The molecule has 0 aliphatic rings. The van der Waals surface area contributed by atoms with Gasteiger partial charge in [-0.05, 0) is 47.4 Å². The van der Waals surface area contributed by atoms with Crippen molar-refractivity contribution >= 4 is 55.4 Å². The summed E-state index contributed by atoms with van der Waals surface area (Å²) in [6.45, 7) is 2.19. The fraction of sp³-hybridized carbons (Fsp3) is 0.174. The zero-order valence-electron chi connectivity index (χ0n) is 15.1. The number of thiophene rings is 1. The van der Waals surface area contributed by atoms with Crippen LogP contribution < -0.4 is 5.32 Å². The molecular weight excluding hydrogens is 374 g/mol. The first-order valence-corrected chi connectivity index (χ1v) is 10.4. The fourth-order valence-corrected chi connectivity index (χ4v) is 4.77. The second kappa shape index (κ2) is 7.71. The average Bonchev–Trinajstić information content (AvgIpc) is 3.05. The summed E-state index contributed by atoms with van der Waals surface area (Å²) in [6.07, 6.45) is 3.43. The van der Waals surface area contributed by atoms with Crippen molar-refractivity contribution in [1.29, 1.82) is 0 Å². The zero-order valence-corrected chi connectivity index (χ0v) is 16.7. The predicted molar refractivity (Wildman–Crippen MR) is 117 cm³/mol. The van der Waals surface area contributed by atoms with Gasteiger partial charge in [0.05, 0.1) is 5.02 Å². The number of fused-ring (bicyclic) bond motifs is 3. The smallest absolute Gasteiger partial charge is 0.267 e. The van der Waals surface area contributed by atoms with E-state index in [-0.39, 0.29) is 5.91 Å². The maximum absolute atomic E-state index is 12.8. The number of nitrogens with one attached hydrogen (secondary N) is 1. The summed E-state index contributed by atoms with van der Waals surface area (Å²) < 4.78 is 1.03. The lowest BCUT2D eigenvalue weighted by Crippen LogP contribution is -2.10. The molecule has 4 rings (SSSR count). The molecule has 0 unspecified atom stereocenters. The van der Waals surface area contributed by atoms with Gasteiger partial charge in [-0.1, -0.05) is 67.4 Å². The van der Waals surface area contributed by atoms with Crippen LogP contribution in [0.2, 0.25) is 5.02 Å². The Hall–Kier alpha value is -2.36. The Morgan fingerprint density at radius 2 is 1.81 bits per heavy atom. The first kappa shape index (κ1) is 18.0. The maximum atomic E-state index is 12.8. The monoisotopic (exact) mass is 393 g/mol. The number of rotatable bonds is 5. The Morgan fingerprint density at radius 1 is 1.04 bits per heavy atom. The summed E-state index contributed by atoms with van der Waals surface area (Å²) in [5.41, 5.74) is 2.08. The number of aryl methyl sites for hydroxylation is 1. The third-order valence-corrected chi connectivity index (χ3v) is 6.40. The van der Waals surface area contributed by atoms with Gasteiger partial charge in [0.1, 0.15) is 4.88 Å². The van der Waals surface area contributed by atoms with Gasteiger partial charge in [0.2, 0.25) is 0 Å². The fourth-order valence-electron chi connectivity index (χ4n) is 3.30. The summed E-state index contributed by atoms with van der Waals surface area (Å²) in [5.74, 6) is -0.161. The Balaban J connectivity index is 1.63. The van der Waals surface area contributed by atoms with Gasteiger partial charge in [-0.15, -0.1) is 11.3 Å². The standard InChI is InChI=1S/C23H20ClNOS/c1-2-3-6-15-9-12-17(13-10-15)25-23(26)22-21(24)20-18-8-5-4-7-16(18)11-14-19(20)27-22/h4-5,7-14H,2-3,6H2,1H3,(H,25,26). The van der Waals surface area contributed by atoms with Gasteiger partial charge in [-0.2, -0.15) is 0 Å². The largest absolute Gasteiger partial charge is 0.321 e. The van der Waals surface area contributed by atoms with Gasteiger partial charge in [0.25, 0.3) is 5.91 Å². The first-order valence-electron chi connectivity index (χ1n) is 9.17. The van der Waals surface area contributed by atoms with E-state index < -0.39 is 0 Å². The van der Waals surface area contributed by atoms with Crippen molar-refractivity contribution in [2.45, 2.75) is 26.2 Å². The van der Waals surface area contributed by atoms with Crippen LogP contribution in [-0.2, 0) is 6.42 Å². The van der Waals surface area contributed by atoms with Crippen LogP contribution in [0.5, 0.6) is 0 Å². The quantitative estimate of drug-likeness (QED) is 0.378. The van der Waals surface area contributed by atoms with Gasteiger partial charge >= 0.3 is 0 Å². The Morgan fingerprint density at radius 3 is 2.59 bits per heavy atom. The van der Waals surface area contributed by atoms with E-state index in [1.807, 2.05) is 36.4 Å². The molecule has 0 atom stereocenters. The second-order valence-corrected chi connectivity index (χ2v) is 8.09.